The smallest absolute Gasteiger partial charge is 0.126 e. The van der Waals surface area contributed by atoms with Crippen molar-refractivity contribution in [1.82, 2.24) is 5.32 Å². The van der Waals surface area contributed by atoms with Gasteiger partial charge in [0, 0.05) is 6.04 Å². The first-order valence-corrected chi connectivity index (χ1v) is 6.25. The van der Waals surface area contributed by atoms with Crippen LogP contribution in [0.5, 0.6) is 0 Å². The zero-order valence-electron chi connectivity index (χ0n) is 10.4. The van der Waals surface area contributed by atoms with Crippen molar-refractivity contribution in [2.45, 2.75) is 38.8 Å². The first-order valence-electron chi connectivity index (χ1n) is 6.25. The van der Waals surface area contributed by atoms with E-state index < -0.39 is 6.10 Å². The minimum atomic E-state index is -0.618. The molecule has 1 saturated heterocycles. The molecule has 0 amide bonds. The zero-order valence-corrected chi connectivity index (χ0v) is 10.4. The third kappa shape index (κ3) is 2.85. The van der Waals surface area contributed by atoms with Gasteiger partial charge < -0.3 is 10.4 Å². The molecular weight excluding hydrogens is 217 g/mol. The van der Waals surface area contributed by atoms with Crippen LogP contribution in [-0.4, -0.2) is 17.7 Å². The standard InChI is InChI=1S/C14H20FNO/c1-9-5-6-16-13(7-9)14(17)11-4-3-10(2)12(15)8-11/h3-4,8-9,13-14,16-17H,5-7H2,1-2H3. The molecule has 2 nitrogen and oxygen atoms in total. The summed E-state index contributed by atoms with van der Waals surface area (Å²) < 4.78 is 13.5. The van der Waals surface area contributed by atoms with Gasteiger partial charge in [0.2, 0.25) is 0 Å². The van der Waals surface area contributed by atoms with E-state index in [1.165, 1.54) is 6.07 Å². The van der Waals surface area contributed by atoms with Crippen LogP contribution < -0.4 is 5.32 Å². The Morgan fingerprint density at radius 3 is 2.88 bits per heavy atom. The molecular formula is C14H20FNO. The lowest BCUT2D eigenvalue weighted by Crippen LogP contribution is -2.41. The van der Waals surface area contributed by atoms with Crippen molar-refractivity contribution in [1.29, 1.82) is 0 Å². The van der Waals surface area contributed by atoms with Crippen molar-refractivity contribution < 1.29 is 9.50 Å². The highest BCUT2D eigenvalue weighted by molar-refractivity contribution is 5.25. The number of rotatable bonds is 2. The zero-order chi connectivity index (χ0) is 12.4. The second-order valence-electron chi connectivity index (χ2n) is 5.14. The maximum atomic E-state index is 13.5. The summed E-state index contributed by atoms with van der Waals surface area (Å²) >= 11 is 0. The van der Waals surface area contributed by atoms with Crippen LogP contribution in [0.4, 0.5) is 4.39 Å². The average Bonchev–Trinajstić information content (AvgIpc) is 2.32. The summed E-state index contributed by atoms with van der Waals surface area (Å²) in [6.45, 7) is 4.85. The van der Waals surface area contributed by atoms with Gasteiger partial charge in [-0.05, 0) is 49.4 Å². The Morgan fingerprint density at radius 1 is 1.47 bits per heavy atom. The summed E-state index contributed by atoms with van der Waals surface area (Å²) in [7, 11) is 0. The van der Waals surface area contributed by atoms with Gasteiger partial charge in [-0.1, -0.05) is 19.1 Å². The highest BCUT2D eigenvalue weighted by Crippen LogP contribution is 2.26. The molecule has 2 N–H and O–H groups in total. The van der Waals surface area contributed by atoms with Crippen LogP contribution in [0.2, 0.25) is 0 Å². The maximum absolute atomic E-state index is 13.5. The van der Waals surface area contributed by atoms with E-state index in [0.29, 0.717) is 17.0 Å². The Bertz CT molecular complexity index is 394. The van der Waals surface area contributed by atoms with Crippen molar-refractivity contribution >= 4 is 0 Å². The molecule has 1 aliphatic heterocycles. The molecule has 3 heteroatoms. The molecule has 1 aliphatic rings. The van der Waals surface area contributed by atoms with E-state index in [4.69, 9.17) is 0 Å². The van der Waals surface area contributed by atoms with Crippen molar-refractivity contribution in [3.63, 3.8) is 0 Å². The van der Waals surface area contributed by atoms with Gasteiger partial charge in [0.1, 0.15) is 5.82 Å². The van der Waals surface area contributed by atoms with E-state index in [-0.39, 0.29) is 11.9 Å². The summed E-state index contributed by atoms with van der Waals surface area (Å²) in [6, 6.07) is 5.02. The van der Waals surface area contributed by atoms with Gasteiger partial charge in [0.15, 0.2) is 0 Å². The summed E-state index contributed by atoms with van der Waals surface area (Å²) in [5.41, 5.74) is 1.28. The lowest BCUT2D eigenvalue weighted by atomic mass is 9.88. The fourth-order valence-corrected chi connectivity index (χ4v) is 2.42. The van der Waals surface area contributed by atoms with Gasteiger partial charge >= 0.3 is 0 Å². The van der Waals surface area contributed by atoms with Gasteiger partial charge in [0.25, 0.3) is 0 Å². The average molecular weight is 237 g/mol. The molecule has 3 unspecified atom stereocenters. The third-order valence-electron chi connectivity index (χ3n) is 3.62. The molecule has 1 heterocycles. The molecule has 17 heavy (non-hydrogen) atoms. The summed E-state index contributed by atoms with van der Waals surface area (Å²) in [5, 5.41) is 13.6. The first kappa shape index (κ1) is 12.5. The van der Waals surface area contributed by atoms with Gasteiger partial charge in [-0.25, -0.2) is 4.39 Å². The molecule has 94 valence electrons. The number of aliphatic hydroxyl groups excluding tert-OH is 1. The van der Waals surface area contributed by atoms with Gasteiger partial charge in [-0.3, -0.25) is 0 Å². The van der Waals surface area contributed by atoms with E-state index in [0.717, 1.165) is 19.4 Å². The van der Waals surface area contributed by atoms with Crippen LogP contribution >= 0.6 is 0 Å². The maximum Gasteiger partial charge on any atom is 0.126 e. The monoisotopic (exact) mass is 237 g/mol. The van der Waals surface area contributed by atoms with Crippen LogP contribution in [0.3, 0.4) is 0 Å². The fraction of sp³-hybridized carbons (Fsp3) is 0.571. The van der Waals surface area contributed by atoms with Crippen LogP contribution in [0.15, 0.2) is 18.2 Å². The molecule has 0 bridgehead atoms. The fourth-order valence-electron chi connectivity index (χ4n) is 2.42. The van der Waals surface area contributed by atoms with Crippen molar-refractivity contribution in [2.75, 3.05) is 6.54 Å². The Morgan fingerprint density at radius 2 is 2.24 bits per heavy atom. The normalized spacial score (nSPS) is 26.8. The van der Waals surface area contributed by atoms with E-state index in [9.17, 15) is 9.50 Å². The predicted molar refractivity (Wildman–Crippen MR) is 66.3 cm³/mol. The van der Waals surface area contributed by atoms with Crippen LogP contribution in [0, 0.1) is 18.7 Å². The van der Waals surface area contributed by atoms with E-state index >= 15 is 0 Å². The second kappa shape index (κ2) is 5.15. The van der Waals surface area contributed by atoms with E-state index in [1.807, 2.05) is 6.07 Å². The number of nitrogens with one attached hydrogen (secondary N) is 1. The highest BCUT2D eigenvalue weighted by Gasteiger charge is 2.26. The van der Waals surface area contributed by atoms with Crippen LogP contribution in [0.25, 0.3) is 0 Å². The molecule has 3 atom stereocenters. The highest BCUT2D eigenvalue weighted by atomic mass is 19.1. The van der Waals surface area contributed by atoms with Crippen LogP contribution in [-0.2, 0) is 0 Å². The van der Waals surface area contributed by atoms with Crippen LogP contribution in [0.1, 0.15) is 37.0 Å². The first-order chi connectivity index (χ1) is 8.08. The summed E-state index contributed by atoms with van der Waals surface area (Å²) in [5.74, 6) is 0.372. The molecule has 0 aromatic heterocycles. The largest absolute Gasteiger partial charge is 0.387 e. The Kier molecular flexibility index (Phi) is 3.79. The minimum absolute atomic E-state index is 0.0425. The van der Waals surface area contributed by atoms with E-state index in [2.05, 4.69) is 12.2 Å². The Balaban J connectivity index is 2.12. The van der Waals surface area contributed by atoms with Crippen molar-refractivity contribution in [2.24, 2.45) is 5.92 Å². The number of aliphatic hydroxyl groups is 1. The Hall–Kier alpha value is -0.930. The van der Waals surface area contributed by atoms with Crippen molar-refractivity contribution in [3.8, 4) is 0 Å². The predicted octanol–water partition coefficient (Wildman–Crippen LogP) is 2.56. The number of hydrogen-bond donors (Lipinski definition) is 2. The molecule has 0 saturated carbocycles. The van der Waals surface area contributed by atoms with E-state index in [1.54, 1.807) is 13.0 Å². The number of halogens is 1. The number of hydrogen-bond acceptors (Lipinski definition) is 2. The molecule has 0 aliphatic carbocycles. The molecule has 1 fully saturated rings. The molecule has 1 aromatic carbocycles. The number of piperidine rings is 1. The Labute approximate surface area is 102 Å². The molecule has 0 spiro atoms. The third-order valence-corrected chi connectivity index (χ3v) is 3.62. The summed E-state index contributed by atoms with van der Waals surface area (Å²) in [6.07, 6.45) is 1.47. The SMILES string of the molecule is Cc1ccc(C(O)C2CC(C)CCN2)cc1F. The molecule has 2 rings (SSSR count). The molecule has 0 radical (unpaired) electrons. The second-order valence-corrected chi connectivity index (χ2v) is 5.14. The molecule has 1 aromatic rings. The topological polar surface area (TPSA) is 32.3 Å². The van der Waals surface area contributed by atoms with Gasteiger partial charge in [-0.2, -0.15) is 0 Å². The number of benzene rings is 1. The summed E-state index contributed by atoms with van der Waals surface area (Å²) in [4.78, 5) is 0. The minimum Gasteiger partial charge on any atom is -0.387 e. The number of aryl methyl sites for hydroxylation is 1. The van der Waals surface area contributed by atoms with Gasteiger partial charge in [0.05, 0.1) is 6.10 Å². The quantitative estimate of drug-likeness (QED) is 0.828. The van der Waals surface area contributed by atoms with Crippen molar-refractivity contribution in [3.05, 3.63) is 35.1 Å². The lowest BCUT2D eigenvalue weighted by Gasteiger charge is -2.32. The lowest BCUT2D eigenvalue weighted by molar-refractivity contribution is 0.101. The van der Waals surface area contributed by atoms with Gasteiger partial charge in [-0.15, -0.1) is 0 Å².